The quantitative estimate of drug-likeness (QED) is 0.776. The van der Waals surface area contributed by atoms with Crippen LogP contribution in [0, 0.1) is 0 Å². The Morgan fingerprint density at radius 3 is 2.93 bits per heavy atom. The van der Waals surface area contributed by atoms with Crippen LogP contribution in [-0.2, 0) is 6.42 Å². The van der Waals surface area contributed by atoms with Gasteiger partial charge in [-0.3, -0.25) is 0 Å². The number of aromatic nitrogens is 2. The molecule has 0 saturated heterocycles. The van der Waals surface area contributed by atoms with Crippen LogP contribution in [0.5, 0.6) is 5.75 Å². The SMILES string of the molecule is CCc1nc(C(=O)O)c2cc(O)ccn12. The number of aryl methyl sites for hydroxylation is 1. The molecule has 0 atom stereocenters. The van der Waals surface area contributed by atoms with Gasteiger partial charge in [0.05, 0.1) is 5.52 Å². The first-order chi connectivity index (χ1) is 7.13. The zero-order chi connectivity index (χ0) is 11.0. The summed E-state index contributed by atoms with van der Waals surface area (Å²) in [7, 11) is 0. The summed E-state index contributed by atoms with van der Waals surface area (Å²) in [5.41, 5.74) is 0.391. The zero-order valence-corrected chi connectivity index (χ0v) is 8.14. The van der Waals surface area contributed by atoms with E-state index in [0.717, 1.165) is 0 Å². The summed E-state index contributed by atoms with van der Waals surface area (Å²) < 4.78 is 1.67. The fraction of sp³-hybridized carbons (Fsp3) is 0.200. The van der Waals surface area contributed by atoms with Crippen molar-refractivity contribution >= 4 is 11.5 Å². The van der Waals surface area contributed by atoms with Gasteiger partial charge < -0.3 is 14.6 Å². The van der Waals surface area contributed by atoms with Crippen molar-refractivity contribution in [3.63, 3.8) is 0 Å². The number of carboxylic acid groups (broad SMARTS) is 1. The van der Waals surface area contributed by atoms with E-state index in [9.17, 15) is 9.90 Å². The lowest BCUT2D eigenvalue weighted by Gasteiger charge is -1.98. The second-order valence-corrected chi connectivity index (χ2v) is 3.18. The number of pyridine rings is 1. The monoisotopic (exact) mass is 206 g/mol. The Bertz CT molecular complexity index is 531. The molecular formula is C10H10N2O3. The highest BCUT2D eigenvalue weighted by atomic mass is 16.4. The molecule has 0 aliphatic carbocycles. The lowest BCUT2D eigenvalue weighted by Crippen LogP contribution is -1.97. The first kappa shape index (κ1) is 9.51. The van der Waals surface area contributed by atoms with Gasteiger partial charge in [-0.15, -0.1) is 0 Å². The maximum atomic E-state index is 10.9. The third-order valence-corrected chi connectivity index (χ3v) is 2.22. The molecule has 2 heterocycles. The highest BCUT2D eigenvalue weighted by Crippen LogP contribution is 2.18. The molecule has 2 aromatic heterocycles. The summed E-state index contributed by atoms with van der Waals surface area (Å²) in [6, 6.07) is 2.90. The number of hydrogen-bond acceptors (Lipinski definition) is 3. The molecule has 0 fully saturated rings. The summed E-state index contributed by atoms with van der Waals surface area (Å²) in [5.74, 6) is -0.382. The van der Waals surface area contributed by atoms with E-state index in [0.29, 0.717) is 17.8 Å². The van der Waals surface area contributed by atoms with Gasteiger partial charge in [0.25, 0.3) is 0 Å². The minimum atomic E-state index is -1.09. The molecule has 2 rings (SSSR count). The second-order valence-electron chi connectivity index (χ2n) is 3.18. The van der Waals surface area contributed by atoms with Crippen molar-refractivity contribution in [2.45, 2.75) is 13.3 Å². The molecule has 0 aliphatic heterocycles. The molecule has 0 amide bonds. The van der Waals surface area contributed by atoms with Gasteiger partial charge in [0.15, 0.2) is 5.69 Å². The molecule has 78 valence electrons. The number of aromatic carboxylic acids is 1. The number of aromatic hydroxyl groups is 1. The third kappa shape index (κ3) is 1.41. The highest BCUT2D eigenvalue weighted by Gasteiger charge is 2.15. The summed E-state index contributed by atoms with van der Waals surface area (Å²) in [4.78, 5) is 14.9. The number of hydrogen-bond donors (Lipinski definition) is 2. The Morgan fingerprint density at radius 2 is 2.33 bits per heavy atom. The molecule has 15 heavy (non-hydrogen) atoms. The predicted octanol–water partition coefficient (Wildman–Crippen LogP) is 1.30. The minimum absolute atomic E-state index is 0.0252. The Balaban J connectivity index is 2.81. The average molecular weight is 206 g/mol. The molecule has 0 aromatic carbocycles. The van der Waals surface area contributed by atoms with Crippen LogP contribution in [0.4, 0.5) is 0 Å². The Hall–Kier alpha value is -2.04. The van der Waals surface area contributed by atoms with Crippen molar-refractivity contribution < 1.29 is 15.0 Å². The van der Waals surface area contributed by atoms with Gasteiger partial charge in [-0.1, -0.05) is 6.92 Å². The van der Waals surface area contributed by atoms with E-state index < -0.39 is 5.97 Å². The summed E-state index contributed by atoms with van der Waals surface area (Å²) >= 11 is 0. The number of carboxylic acids is 1. The number of imidazole rings is 1. The topological polar surface area (TPSA) is 74.8 Å². The van der Waals surface area contributed by atoms with Crippen molar-refractivity contribution in [2.24, 2.45) is 0 Å². The normalized spacial score (nSPS) is 10.7. The van der Waals surface area contributed by atoms with Crippen LogP contribution >= 0.6 is 0 Å². The largest absolute Gasteiger partial charge is 0.508 e. The van der Waals surface area contributed by atoms with Gasteiger partial charge in [0, 0.05) is 18.7 Å². The number of nitrogens with zero attached hydrogens (tertiary/aromatic N) is 2. The van der Waals surface area contributed by atoms with Crippen molar-refractivity contribution in [2.75, 3.05) is 0 Å². The van der Waals surface area contributed by atoms with E-state index in [1.807, 2.05) is 6.92 Å². The van der Waals surface area contributed by atoms with Gasteiger partial charge in [-0.25, -0.2) is 9.78 Å². The van der Waals surface area contributed by atoms with Gasteiger partial charge >= 0.3 is 5.97 Å². The minimum Gasteiger partial charge on any atom is -0.508 e. The van der Waals surface area contributed by atoms with Crippen LogP contribution in [-0.4, -0.2) is 25.6 Å². The molecule has 0 unspecified atom stereocenters. The van der Waals surface area contributed by atoms with E-state index >= 15 is 0 Å². The van der Waals surface area contributed by atoms with E-state index in [2.05, 4.69) is 4.98 Å². The van der Waals surface area contributed by atoms with Crippen molar-refractivity contribution in [3.05, 3.63) is 29.8 Å². The number of rotatable bonds is 2. The molecule has 0 spiro atoms. The van der Waals surface area contributed by atoms with Gasteiger partial charge in [-0.2, -0.15) is 0 Å². The molecule has 0 radical (unpaired) electrons. The van der Waals surface area contributed by atoms with Crippen molar-refractivity contribution in [3.8, 4) is 5.75 Å². The van der Waals surface area contributed by atoms with Crippen LogP contribution in [0.3, 0.4) is 0 Å². The Morgan fingerprint density at radius 1 is 1.60 bits per heavy atom. The molecule has 2 N–H and O–H groups in total. The molecular weight excluding hydrogens is 196 g/mol. The first-order valence-electron chi connectivity index (χ1n) is 4.56. The molecule has 0 bridgehead atoms. The van der Waals surface area contributed by atoms with E-state index in [-0.39, 0.29) is 11.4 Å². The molecule has 2 aromatic rings. The Kier molecular flexibility index (Phi) is 2.07. The third-order valence-electron chi connectivity index (χ3n) is 2.22. The van der Waals surface area contributed by atoms with E-state index in [1.165, 1.54) is 12.1 Å². The molecule has 5 nitrogen and oxygen atoms in total. The Labute approximate surface area is 85.6 Å². The van der Waals surface area contributed by atoms with E-state index in [4.69, 9.17) is 5.11 Å². The van der Waals surface area contributed by atoms with Crippen LogP contribution in [0.2, 0.25) is 0 Å². The van der Waals surface area contributed by atoms with Gasteiger partial charge in [0.1, 0.15) is 11.6 Å². The molecule has 0 aliphatic rings. The fourth-order valence-corrected chi connectivity index (χ4v) is 1.54. The highest BCUT2D eigenvalue weighted by molar-refractivity contribution is 5.94. The lowest BCUT2D eigenvalue weighted by atomic mass is 10.3. The molecule has 0 saturated carbocycles. The van der Waals surface area contributed by atoms with Crippen LogP contribution in [0.25, 0.3) is 5.52 Å². The average Bonchev–Trinajstić information content (AvgIpc) is 2.55. The summed E-state index contributed by atoms with van der Waals surface area (Å²) in [6.07, 6.45) is 2.25. The maximum absolute atomic E-state index is 10.9. The zero-order valence-electron chi connectivity index (χ0n) is 8.14. The van der Waals surface area contributed by atoms with Crippen LogP contribution in [0.15, 0.2) is 18.3 Å². The fourth-order valence-electron chi connectivity index (χ4n) is 1.54. The van der Waals surface area contributed by atoms with Gasteiger partial charge in [-0.05, 0) is 6.07 Å². The maximum Gasteiger partial charge on any atom is 0.356 e. The summed E-state index contributed by atoms with van der Waals surface area (Å²) in [6.45, 7) is 1.90. The smallest absolute Gasteiger partial charge is 0.356 e. The second kappa shape index (κ2) is 3.27. The van der Waals surface area contributed by atoms with Crippen molar-refractivity contribution in [1.29, 1.82) is 0 Å². The van der Waals surface area contributed by atoms with E-state index in [1.54, 1.807) is 10.6 Å². The molecule has 5 heteroatoms. The summed E-state index contributed by atoms with van der Waals surface area (Å²) in [5, 5.41) is 18.2. The van der Waals surface area contributed by atoms with Crippen LogP contribution in [0.1, 0.15) is 23.2 Å². The van der Waals surface area contributed by atoms with Crippen molar-refractivity contribution in [1.82, 2.24) is 9.38 Å². The van der Waals surface area contributed by atoms with Crippen LogP contribution < -0.4 is 0 Å². The van der Waals surface area contributed by atoms with Gasteiger partial charge in [0.2, 0.25) is 0 Å². The number of carbonyl (C=O) groups is 1. The number of fused-ring (bicyclic) bond motifs is 1. The predicted molar refractivity (Wildman–Crippen MR) is 53.2 cm³/mol. The standard InChI is InChI=1S/C10H10N2O3/c1-2-8-11-9(10(14)15)7-5-6(13)3-4-12(7)8/h3-5,13H,2H2,1H3,(H,14,15). The first-order valence-corrected chi connectivity index (χ1v) is 4.56. The lowest BCUT2D eigenvalue weighted by molar-refractivity contribution is 0.0693.